The number of carbonyl (C=O) groups excluding carboxylic acids is 4. The minimum absolute atomic E-state index is 0.104. The van der Waals surface area contributed by atoms with Crippen LogP contribution in [-0.4, -0.2) is 37.5 Å². The number of hydrogen-bond acceptors (Lipinski definition) is 7. The van der Waals surface area contributed by atoms with Crippen LogP contribution in [0.5, 0.6) is 11.5 Å². The Labute approximate surface area is 201 Å². The Bertz CT molecular complexity index is 1210. The van der Waals surface area contributed by atoms with Crippen molar-refractivity contribution in [1.29, 1.82) is 0 Å². The molecule has 2 bridgehead atoms. The highest BCUT2D eigenvalue weighted by Crippen LogP contribution is 2.65. The van der Waals surface area contributed by atoms with Crippen LogP contribution in [0.1, 0.15) is 16.8 Å². The van der Waals surface area contributed by atoms with E-state index in [9.17, 15) is 19.2 Å². The predicted octanol–water partition coefficient (Wildman–Crippen LogP) is 3.65. The summed E-state index contributed by atoms with van der Waals surface area (Å²) in [5.74, 6) is 1.27. The molecule has 0 radical (unpaired) electrons. The third-order valence-electron chi connectivity index (χ3n) is 7.67. The van der Waals surface area contributed by atoms with Crippen molar-refractivity contribution in [3.8, 4) is 11.5 Å². The highest BCUT2D eigenvalue weighted by atomic mass is 16.7. The summed E-state index contributed by atoms with van der Waals surface area (Å²) in [6.45, 7) is -0.194. The van der Waals surface area contributed by atoms with Crippen LogP contribution < -0.4 is 14.4 Å². The molecule has 7 rings (SSSR count). The van der Waals surface area contributed by atoms with Crippen molar-refractivity contribution in [2.75, 3.05) is 18.6 Å². The number of methoxy groups -OCH3 is 1. The number of imide groups is 1. The van der Waals surface area contributed by atoms with E-state index in [1.807, 2.05) is 0 Å². The van der Waals surface area contributed by atoms with Gasteiger partial charge < -0.3 is 14.2 Å². The van der Waals surface area contributed by atoms with E-state index in [2.05, 4.69) is 16.9 Å². The molecule has 5 unspecified atom stereocenters. The van der Waals surface area contributed by atoms with E-state index in [4.69, 9.17) is 9.47 Å². The van der Waals surface area contributed by atoms with E-state index < -0.39 is 6.16 Å². The highest BCUT2D eigenvalue weighted by Gasteiger charge is 2.67. The first-order chi connectivity index (χ1) is 17.0. The van der Waals surface area contributed by atoms with Crippen molar-refractivity contribution in [3.63, 3.8) is 0 Å². The molecule has 4 aliphatic carbocycles. The smallest absolute Gasteiger partial charge is 0.485 e. The SMILES string of the molecule is COC(=O)Oc1ccc(C(=O)COc2ccc(N3C(=O)C4C5C=CC(C6CC56)[C@H]4C3=O)cc2)cc1. The van der Waals surface area contributed by atoms with Crippen molar-refractivity contribution in [2.45, 2.75) is 6.42 Å². The van der Waals surface area contributed by atoms with Gasteiger partial charge in [0.05, 0.1) is 24.6 Å². The second kappa shape index (κ2) is 8.08. The van der Waals surface area contributed by atoms with E-state index in [0.29, 0.717) is 28.8 Å². The Morgan fingerprint density at radius 2 is 1.43 bits per heavy atom. The molecule has 2 saturated carbocycles. The summed E-state index contributed by atoms with van der Waals surface area (Å²) in [7, 11) is 1.21. The average molecular weight is 473 g/mol. The van der Waals surface area contributed by atoms with Gasteiger partial charge in [0, 0.05) is 5.56 Å². The summed E-state index contributed by atoms with van der Waals surface area (Å²) in [6, 6.07) is 12.7. The third-order valence-corrected chi connectivity index (χ3v) is 7.67. The first kappa shape index (κ1) is 21.6. The Morgan fingerprint density at radius 3 is 2.00 bits per heavy atom. The molecule has 1 saturated heterocycles. The maximum Gasteiger partial charge on any atom is 0.513 e. The summed E-state index contributed by atoms with van der Waals surface area (Å²) in [5.41, 5.74) is 0.929. The molecule has 8 nitrogen and oxygen atoms in total. The number of benzene rings is 2. The molecule has 2 aromatic carbocycles. The molecule has 1 heterocycles. The lowest BCUT2D eigenvalue weighted by molar-refractivity contribution is -0.124. The average Bonchev–Trinajstić information content (AvgIpc) is 3.66. The van der Waals surface area contributed by atoms with Gasteiger partial charge in [0.2, 0.25) is 11.8 Å². The molecule has 5 aliphatic rings. The van der Waals surface area contributed by atoms with Crippen molar-refractivity contribution in [1.82, 2.24) is 0 Å². The van der Waals surface area contributed by atoms with Crippen LogP contribution in [0.2, 0.25) is 0 Å². The fourth-order valence-corrected chi connectivity index (χ4v) is 5.98. The molecule has 8 heteroatoms. The lowest BCUT2D eigenvalue weighted by atomic mass is 9.63. The lowest BCUT2D eigenvalue weighted by Crippen LogP contribution is -2.40. The quantitative estimate of drug-likeness (QED) is 0.208. The number of nitrogens with zero attached hydrogens (tertiary/aromatic N) is 1. The molecule has 178 valence electrons. The first-order valence-electron chi connectivity index (χ1n) is 11.6. The fourth-order valence-electron chi connectivity index (χ4n) is 5.98. The highest BCUT2D eigenvalue weighted by molar-refractivity contribution is 6.22. The van der Waals surface area contributed by atoms with Gasteiger partial charge in [0.25, 0.3) is 0 Å². The van der Waals surface area contributed by atoms with Gasteiger partial charge >= 0.3 is 6.16 Å². The number of allylic oxidation sites excluding steroid dienone is 2. The molecular weight excluding hydrogens is 450 g/mol. The molecule has 6 atom stereocenters. The molecular formula is C27H23NO7. The molecule has 0 N–H and O–H groups in total. The zero-order valence-electron chi connectivity index (χ0n) is 19.0. The Balaban J connectivity index is 1.09. The van der Waals surface area contributed by atoms with Crippen LogP contribution >= 0.6 is 0 Å². The van der Waals surface area contributed by atoms with Gasteiger partial charge in [0.15, 0.2) is 12.4 Å². The van der Waals surface area contributed by atoms with Gasteiger partial charge in [-0.2, -0.15) is 0 Å². The van der Waals surface area contributed by atoms with Crippen molar-refractivity contribution >= 4 is 29.4 Å². The normalized spacial score (nSPS) is 29.5. The van der Waals surface area contributed by atoms with Crippen LogP contribution in [0.4, 0.5) is 10.5 Å². The molecule has 2 aromatic rings. The zero-order valence-corrected chi connectivity index (χ0v) is 19.0. The maximum atomic E-state index is 13.2. The topological polar surface area (TPSA) is 99.2 Å². The molecule has 0 spiro atoms. The number of ether oxygens (including phenoxy) is 3. The molecule has 35 heavy (non-hydrogen) atoms. The molecule has 3 fully saturated rings. The van der Waals surface area contributed by atoms with E-state index >= 15 is 0 Å². The second-order valence-corrected chi connectivity index (χ2v) is 9.45. The van der Waals surface area contributed by atoms with Crippen molar-refractivity contribution < 1.29 is 33.4 Å². The van der Waals surface area contributed by atoms with Gasteiger partial charge in [-0.3, -0.25) is 19.3 Å². The molecule has 0 aromatic heterocycles. The van der Waals surface area contributed by atoms with Crippen molar-refractivity contribution in [3.05, 3.63) is 66.2 Å². The van der Waals surface area contributed by atoms with Gasteiger partial charge in [-0.25, -0.2) is 4.79 Å². The number of carbonyl (C=O) groups is 4. The van der Waals surface area contributed by atoms with Gasteiger partial charge in [-0.1, -0.05) is 12.2 Å². The zero-order chi connectivity index (χ0) is 24.3. The lowest BCUT2D eigenvalue weighted by Gasteiger charge is -2.37. The van der Waals surface area contributed by atoms with Crippen LogP contribution in [0.25, 0.3) is 0 Å². The van der Waals surface area contributed by atoms with Crippen molar-refractivity contribution in [2.24, 2.45) is 35.5 Å². The van der Waals surface area contributed by atoms with Crippen LogP contribution in [0.3, 0.4) is 0 Å². The monoisotopic (exact) mass is 473 g/mol. The number of anilines is 1. The minimum Gasteiger partial charge on any atom is -0.485 e. The molecule has 2 amide bonds. The summed E-state index contributed by atoms with van der Waals surface area (Å²) in [5, 5.41) is 0. The van der Waals surface area contributed by atoms with E-state index in [1.54, 1.807) is 24.3 Å². The second-order valence-electron chi connectivity index (χ2n) is 9.45. The summed E-state index contributed by atoms with van der Waals surface area (Å²) in [6.07, 6.45) is 4.60. The van der Waals surface area contributed by atoms with Gasteiger partial charge in [0.1, 0.15) is 11.5 Å². The summed E-state index contributed by atoms with van der Waals surface area (Å²) < 4.78 is 14.9. The minimum atomic E-state index is -0.840. The number of rotatable bonds is 6. The number of amides is 2. The van der Waals surface area contributed by atoms with Crippen LogP contribution in [0, 0.1) is 35.5 Å². The van der Waals surface area contributed by atoms with Crippen LogP contribution in [-0.2, 0) is 14.3 Å². The van der Waals surface area contributed by atoms with Gasteiger partial charge in [-0.05, 0) is 78.6 Å². The number of ketones is 1. The third kappa shape index (κ3) is 3.51. The summed E-state index contributed by atoms with van der Waals surface area (Å²) in [4.78, 5) is 51.4. The first-order valence-corrected chi connectivity index (χ1v) is 11.6. The number of Topliss-reactive ketones (excluding diaryl/α,β-unsaturated/α-hetero) is 1. The largest absolute Gasteiger partial charge is 0.513 e. The van der Waals surface area contributed by atoms with E-state index in [0.717, 1.165) is 6.42 Å². The van der Waals surface area contributed by atoms with Crippen LogP contribution in [0.15, 0.2) is 60.7 Å². The Kier molecular flexibility index (Phi) is 4.98. The Hall–Kier alpha value is -3.94. The van der Waals surface area contributed by atoms with Gasteiger partial charge in [-0.15, -0.1) is 0 Å². The Morgan fingerprint density at radius 1 is 0.857 bits per heavy atom. The summed E-state index contributed by atoms with van der Waals surface area (Å²) >= 11 is 0. The maximum absolute atomic E-state index is 13.2. The fraction of sp³-hybridized carbons (Fsp3) is 0.333. The predicted molar refractivity (Wildman–Crippen MR) is 123 cm³/mol. The van der Waals surface area contributed by atoms with E-state index in [-0.39, 0.29) is 53.6 Å². The number of hydrogen-bond donors (Lipinski definition) is 0. The van der Waals surface area contributed by atoms with E-state index in [1.165, 1.54) is 36.3 Å². The standard InChI is InChI=1S/C27H23NO7/c1-33-27(32)35-17-6-2-14(3-7-17)22(29)13-34-16-8-4-15(5-9-16)28-25(30)23-18-10-11-19(21-12-20(18)21)24(23)26(28)31/h2-11,18-21,23-24H,12-13H2,1H3/t18?,19?,20?,21?,23-,24?/m1/s1. The molecule has 1 aliphatic heterocycles.